The van der Waals surface area contributed by atoms with Crippen molar-refractivity contribution in [2.45, 2.75) is 26.7 Å². The van der Waals surface area contributed by atoms with Crippen molar-refractivity contribution in [3.05, 3.63) is 76.8 Å². The highest BCUT2D eigenvalue weighted by Gasteiger charge is 2.30. The fourth-order valence-corrected chi connectivity index (χ4v) is 5.40. The van der Waals surface area contributed by atoms with Gasteiger partial charge in [0.25, 0.3) is 0 Å². The molecular weight excluding hydrogens is 494 g/mol. The number of carboxylic acid groups (broad SMARTS) is 1. The van der Waals surface area contributed by atoms with Crippen molar-refractivity contribution in [1.29, 1.82) is 0 Å². The topological polar surface area (TPSA) is 84.4 Å². The van der Waals surface area contributed by atoms with E-state index in [2.05, 4.69) is 42.8 Å². The third-order valence-corrected chi connectivity index (χ3v) is 7.55. The van der Waals surface area contributed by atoms with E-state index in [1.165, 1.54) is 0 Å². The molecule has 0 amide bonds. The molecule has 5 rings (SSSR count). The molecule has 8 nitrogen and oxygen atoms in total. The van der Waals surface area contributed by atoms with Gasteiger partial charge in [-0.1, -0.05) is 12.1 Å². The molecule has 2 aliphatic heterocycles. The molecule has 2 saturated heterocycles. The lowest BCUT2D eigenvalue weighted by Gasteiger charge is -2.32. The molecule has 2 fully saturated rings. The molecule has 1 unspecified atom stereocenters. The van der Waals surface area contributed by atoms with Crippen LogP contribution in [0.2, 0.25) is 0 Å². The molecule has 1 aromatic heterocycles. The summed E-state index contributed by atoms with van der Waals surface area (Å²) in [6, 6.07) is 9.95. The van der Waals surface area contributed by atoms with Crippen LogP contribution in [0.5, 0.6) is 11.6 Å². The SMILES string of the molecule is Cc1cc(OCCN2CCN(C)CC2)cc(C)c1-c1cccc(OC=C2C=C3OCC(CC(=O)O)C3=CC2)n1. The monoisotopic (exact) mass is 531 g/mol. The lowest BCUT2D eigenvalue weighted by atomic mass is 9.92. The molecular formula is C31H37N3O5. The largest absolute Gasteiger partial charge is 0.493 e. The molecule has 1 N–H and O–H groups in total. The zero-order valence-electron chi connectivity index (χ0n) is 23.0. The van der Waals surface area contributed by atoms with Gasteiger partial charge in [-0.3, -0.25) is 9.69 Å². The van der Waals surface area contributed by atoms with Crippen LogP contribution in [0.3, 0.4) is 0 Å². The number of allylic oxidation sites excluding steroid dienone is 4. The van der Waals surface area contributed by atoms with Crippen LogP contribution in [0, 0.1) is 19.8 Å². The van der Waals surface area contributed by atoms with E-state index in [1.807, 2.05) is 30.4 Å². The number of aryl methyl sites for hydroxylation is 2. The first-order valence-electron chi connectivity index (χ1n) is 13.6. The Balaban J connectivity index is 1.21. The molecule has 1 aromatic carbocycles. The lowest BCUT2D eigenvalue weighted by Crippen LogP contribution is -2.45. The summed E-state index contributed by atoms with van der Waals surface area (Å²) in [5, 5.41) is 9.12. The molecule has 3 aliphatic rings. The second-order valence-electron chi connectivity index (χ2n) is 10.6. The Morgan fingerprint density at radius 3 is 2.69 bits per heavy atom. The standard InChI is InChI=1S/C31H37N3O5/c1-21-15-25(37-14-13-34-11-9-33(3)10-12-34)16-22(2)31(21)27-5-4-6-29(32-27)39-19-23-7-8-26-24(18-30(35)36)20-38-28(26)17-23/h4-6,8,15-17,19,24H,7,9-14,18,20H2,1-3H3,(H,35,36). The van der Waals surface area contributed by atoms with E-state index >= 15 is 0 Å². The van der Waals surface area contributed by atoms with E-state index in [-0.39, 0.29) is 12.3 Å². The average Bonchev–Trinajstić information content (AvgIpc) is 3.30. The van der Waals surface area contributed by atoms with Gasteiger partial charge in [0.05, 0.1) is 25.0 Å². The predicted octanol–water partition coefficient (Wildman–Crippen LogP) is 4.59. The zero-order valence-corrected chi connectivity index (χ0v) is 23.0. The van der Waals surface area contributed by atoms with Crippen LogP contribution < -0.4 is 9.47 Å². The summed E-state index contributed by atoms with van der Waals surface area (Å²) in [6.45, 7) is 10.6. The molecule has 0 spiro atoms. The van der Waals surface area contributed by atoms with Crippen molar-refractivity contribution < 1.29 is 24.1 Å². The van der Waals surface area contributed by atoms with Gasteiger partial charge >= 0.3 is 5.97 Å². The summed E-state index contributed by atoms with van der Waals surface area (Å²) in [6.07, 6.45) is 6.40. The van der Waals surface area contributed by atoms with Crippen molar-refractivity contribution in [2.24, 2.45) is 5.92 Å². The van der Waals surface area contributed by atoms with E-state index < -0.39 is 5.97 Å². The second kappa shape index (κ2) is 12.1. The van der Waals surface area contributed by atoms with Crippen LogP contribution in [0.4, 0.5) is 0 Å². The van der Waals surface area contributed by atoms with E-state index in [1.54, 1.807) is 6.26 Å². The minimum atomic E-state index is -0.810. The summed E-state index contributed by atoms with van der Waals surface area (Å²) < 4.78 is 17.8. The number of hydrogen-bond donors (Lipinski definition) is 1. The Hall–Kier alpha value is -3.62. The molecule has 8 heteroatoms. The van der Waals surface area contributed by atoms with Gasteiger partial charge in [-0.25, -0.2) is 4.98 Å². The molecule has 0 radical (unpaired) electrons. The number of aliphatic carboxylic acids is 1. The first kappa shape index (κ1) is 27.0. The number of aromatic nitrogens is 1. The highest BCUT2D eigenvalue weighted by Crippen LogP contribution is 2.37. The number of rotatable bonds is 9. The summed E-state index contributed by atoms with van der Waals surface area (Å²) in [5.74, 6) is 1.24. The van der Waals surface area contributed by atoms with Crippen LogP contribution in [0.25, 0.3) is 11.3 Å². The summed E-state index contributed by atoms with van der Waals surface area (Å²) >= 11 is 0. The number of nitrogens with zero attached hydrogens (tertiary/aromatic N) is 3. The quantitative estimate of drug-likeness (QED) is 0.471. The van der Waals surface area contributed by atoms with Gasteiger partial charge < -0.3 is 24.2 Å². The van der Waals surface area contributed by atoms with Gasteiger partial charge in [-0.05, 0) is 73.9 Å². The highest BCUT2D eigenvalue weighted by atomic mass is 16.5. The number of likely N-dealkylation sites (N-methyl/N-ethyl adjacent to an activating group) is 1. The minimum absolute atomic E-state index is 0.0813. The van der Waals surface area contributed by atoms with Crippen LogP contribution in [-0.2, 0) is 9.53 Å². The number of carboxylic acids is 1. The van der Waals surface area contributed by atoms with Crippen molar-refractivity contribution in [3.63, 3.8) is 0 Å². The molecule has 3 heterocycles. The van der Waals surface area contributed by atoms with Gasteiger partial charge in [0.15, 0.2) is 0 Å². The van der Waals surface area contributed by atoms with Gasteiger partial charge in [0, 0.05) is 50.3 Å². The Morgan fingerprint density at radius 2 is 1.95 bits per heavy atom. The lowest BCUT2D eigenvalue weighted by molar-refractivity contribution is -0.137. The number of fused-ring (bicyclic) bond motifs is 1. The maximum atomic E-state index is 11.1. The van der Waals surface area contributed by atoms with Gasteiger partial charge in [-0.2, -0.15) is 0 Å². The maximum absolute atomic E-state index is 11.1. The highest BCUT2D eigenvalue weighted by molar-refractivity contribution is 5.69. The number of ether oxygens (including phenoxy) is 3. The fraction of sp³-hybridized carbons (Fsp3) is 0.419. The number of carbonyl (C=O) groups is 1. The fourth-order valence-electron chi connectivity index (χ4n) is 5.40. The normalized spacial score (nSPS) is 20.7. The van der Waals surface area contributed by atoms with Gasteiger partial charge in [0.2, 0.25) is 5.88 Å². The van der Waals surface area contributed by atoms with Crippen LogP contribution in [0.1, 0.15) is 24.0 Å². The number of piperazine rings is 1. The molecule has 39 heavy (non-hydrogen) atoms. The molecule has 2 aromatic rings. The molecule has 206 valence electrons. The third-order valence-electron chi connectivity index (χ3n) is 7.55. The Kier molecular flexibility index (Phi) is 8.33. The summed E-state index contributed by atoms with van der Waals surface area (Å²) in [5.41, 5.74) is 6.07. The average molecular weight is 532 g/mol. The van der Waals surface area contributed by atoms with Crippen LogP contribution >= 0.6 is 0 Å². The van der Waals surface area contributed by atoms with E-state index in [9.17, 15) is 4.79 Å². The number of pyridine rings is 1. The number of benzene rings is 1. The van der Waals surface area contributed by atoms with E-state index in [0.717, 1.165) is 77.8 Å². The predicted molar refractivity (Wildman–Crippen MR) is 150 cm³/mol. The van der Waals surface area contributed by atoms with Crippen LogP contribution in [-0.4, -0.2) is 78.8 Å². The second-order valence-corrected chi connectivity index (χ2v) is 10.6. The maximum Gasteiger partial charge on any atom is 0.304 e. The van der Waals surface area contributed by atoms with Crippen molar-refractivity contribution in [1.82, 2.24) is 14.8 Å². The van der Waals surface area contributed by atoms with E-state index in [4.69, 9.17) is 24.3 Å². The Morgan fingerprint density at radius 1 is 1.18 bits per heavy atom. The van der Waals surface area contributed by atoms with Gasteiger partial charge in [-0.15, -0.1) is 0 Å². The molecule has 1 atom stereocenters. The number of hydrogen-bond acceptors (Lipinski definition) is 7. The third kappa shape index (κ3) is 6.69. The van der Waals surface area contributed by atoms with Gasteiger partial charge in [0.1, 0.15) is 18.1 Å². The van der Waals surface area contributed by atoms with E-state index in [0.29, 0.717) is 25.5 Å². The van der Waals surface area contributed by atoms with Crippen molar-refractivity contribution in [3.8, 4) is 22.9 Å². The first-order chi connectivity index (χ1) is 18.9. The zero-order chi connectivity index (χ0) is 27.4. The van der Waals surface area contributed by atoms with Crippen LogP contribution in [0.15, 0.2) is 65.7 Å². The summed E-state index contributed by atoms with van der Waals surface area (Å²) in [7, 11) is 2.17. The first-order valence-corrected chi connectivity index (χ1v) is 13.6. The van der Waals surface area contributed by atoms with Crippen molar-refractivity contribution >= 4 is 5.97 Å². The smallest absolute Gasteiger partial charge is 0.304 e. The minimum Gasteiger partial charge on any atom is -0.493 e. The molecule has 0 saturated carbocycles. The molecule has 0 bridgehead atoms. The summed E-state index contributed by atoms with van der Waals surface area (Å²) in [4.78, 5) is 20.7. The molecule has 1 aliphatic carbocycles. The van der Waals surface area contributed by atoms with Crippen molar-refractivity contribution in [2.75, 3.05) is 53.0 Å². The Labute approximate surface area is 230 Å². The Bertz CT molecular complexity index is 1280.